The second kappa shape index (κ2) is 10.4. The lowest BCUT2D eigenvalue weighted by Crippen LogP contribution is -2.26. The van der Waals surface area contributed by atoms with E-state index in [0.29, 0.717) is 34.1 Å². The van der Waals surface area contributed by atoms with E-state index in [9.17, 15) is 0 Å². The van der Waals surface area contributed by atoms with Gasteiger partial charge in [0.15, 0.2) is 23.0 Å². The van der Waals surface area contributed by atoms with Crippen molar-refractivity contribution in [3.63, 3.8) is 0 Å². The number of nitrogens with one attached hydrogen (secondary N) is 1. The van der Waals surface area contributed by atoms with Crippen LogP contribution in [0.25, 0.3) is 0 Å². The highest BCUT2D eigenvalue weighted by molar-refractivity contribution is 5.88. The van der Waals surface area contributed by atoms with Gasteiger partial charge in [0.1, 0.15) is 0 Å². The molecule has 9 heteroatoms. The number of guanidine groups is 1. The lowest BCUT2D eigenvalue weighted by molar-refractivity contribution is 0.354. The molecule has 0 saturated carbocycles. The normalized spacial score (nSPS) is 11.6. The summed E-state index contributed by atoms with van der Waals surface area (Å²) in [5.41, 5.74) is 9.76. The second-order valence-corrected chi connectivity index (χ2v) is 5.27. The molecule has 0 spiro atoms. The molecule has 0 aliphatic rings. The molecule has 148 valence electrons. The lowest BCUT2D eigenvalue weighted by atomic mass is 10.2. The van der Waals surface area contributed by atoms with Crippen molar-refractivity contribution in [2.75, 3.05) is 28.4 Å². The molecule has 3 N–H and O–H groups in total. The van der Waals surface area contributed by atoms with Crippen LogP contribution in [-0.4, -0.2) is 46.8 Å². The van der Waals surface area contributed by atoms with Crippen molar-refractivity contribution in [3.8, 4) is 23.0 Å². The van der Waals surface area contributed by atoms with Gasteiger partial charge in [-0.15, -0.1) is 5.10 Å². The van der Waals surface area contributed by atoms with Gasteiger partial charge in [-0.1, -0.05) is 12.1 Å². The first-order chi connectivity index (χ1) is 13.6. The smallest absolute Gasteiger partial charge is 0.234 e. The van der Waals surface area contributed by atoms with Crippen molar-refractivity contribution in [1.29, 1.82) is 0 Å². The van der Waals surface area contributed by atoms with Gasteiger partial charge >= 0.3 is 0 Å². The molecule has 0 heterocycles. The number of hydrogen-bond donors (Lipinski definition) is 2. The van der Waals surface area contributed by atoms with Crippen LogP contribution in [0.4, 0.5) is 0 Å². The molecule has 0 aliphatic heterocycles. The van der Waals surface area contributed by atoms with Crippen LogP contribution in [0, 0.1) is 0 Å². The molecule has 0 radical (unpaired) electrons. The minimum Gasteiger partial charge on any atom is -0.493 e. The van der Waals surface area contributed by atoms with Crippen molar-refractivity contribution in [2.45, 2.75) is 0 Å². The summed E-state index contributed by atoms with van der Waals surface area (Å²) in [6, 6.07) is 10.9. The molecule has 0 amide bonds. The maximum absolute atomic E-state index is 5.75. The van der Waals surface area contributed by atoms with Crippen LogP contribution in [0.3, 0.4) is 0 Å². The summed E-state index contributed by atoms with van der Waals surface area (Å²) in [6.07, 6.45) is 3.04. The summed E-state index contributed by atoms with van der Waals surface area (Å²) < 4.78 is 21.1. The molecule has 0 saturated heterocycles. The molecule has 0 bridgehead atoms. The molecule has 0 fully saturated rings. The Morgan fingerprint density at radius 1 is 0.821 bits per heavy atom. The van der Waals surface area contributed by atoms with Crippen LogP contribution in [-0.2, 0) is 0 Å². The van der Waals surface area contributed by atoms with Gasteiger partial charge in [0, 0.05) is 11.1 Å². The fraction of sp³-hybridized carbons (Fsp3) is 0.211. The molecule has 2 rings (SSSR count). The first-order valence-electron chi connectivity index (χ1n) is 8.22. The van der Waals surface area contributed by atoms with E-state index >= 15 is 0 Å². The zero-order valence-electron chi connectivity index (χ0n) is 16.2. The van der Waals surface area contributed by atoms with Crippen molar-refractivity contribution >= 4 is 18.4 Å². The molecule has 0 unspecified atom stereocenters. The van der Waals surface area contributed by atoms with Gasteiger partial charge in [0.25, 0.3) is 0 Å². The average Bonchev–Trinajstić information content (AvgIpc) is 2.73. The first-order valence-corrected chi connectivity index (χ1v) is 8.22. The number of hydrogen-bond acceptors (Lipinski definition) is 7. The Morgan fingerprint density at radius 3 is 1.86 bits per heavy atom. The fourth-order valence-electron chi connectivity index (χ4n) is 2.37. The van der Waals surface area contributed by atoms with E-state index in [1.165, 1.54) is 6.21 Å². The van der Waals surface area contributed by atoms with Gasteiger partial charge in [0.05, 0.1) is 40.9 Å². The zero-order valence-corrected chi connectivity index (χ0v) is 16.2. The van der Waals surface area contributed by atoms with Gasteiger partial charge in [-0.3, -0.25) is 0 Å². The summed E-state index contributed by atoms with van der Waals surface area (Å²) in [7, 11) is 6.24. The van der Waals surface area contributed by atoms with E-state index in [1.807, 2.05) is 24.3 Å². The fourth-order valence-corrected chi connectivity index (χ4v) is 2.37. The number of rotatable bonds is 8. The van der Waals surface area contributed by atoms with E-state index in [0.717, 1.165) is 0 Å². The van der Waals surface area contributed by atoms with Crippen LogP contribution in [0.15, 0.2) is 51.7 Å². The van der Waals surface area contributed by atoms with Gasteiger partial charge in [0.2, 0.25) is 5.96 Å². The van der Waals surface area contributed by atoms with Crippen LogP contribution in [0.1, 0.15) is 11.1 Å². The third kappa shape index (κ3) is 5.13. The highest BCUT2D eigenvalue weighted by Crippen LogP contribution is 2.30. The van der Waals surface area contributed by atoms with E-state index < -0.39 is 0 Å². The van der Waals surface area contributed by atoms with Crippen LogP contribution >= 0.6 is 0 Å². The van der Waals surface area contributed by atoms with Crippen LogP contribution in [0.5, 0.6) is 23.0 Å². The molecular weight excluding hydrogens is 362 g/mol. The Kier molecular flexibility index (Phi) is 7.64. The quantitative estimate of drug-likeness (QED) is 0.408. The van der Waals surface area contributed by atoms with Crippen molar-refractivity contribution in [2.24, 2.45) is 21.0 Å². The third-order valence-electron chi connectivity index (χ3n) is 3.61. The molecule has 0 aliphatic carbocycles. The minimum atomic E-state index is 0.0104. The van der Waals surface area contributed by atoms with Crippen molar-refractivity contribution in [3.05, 3.63) is 47.5 Å². The molecule has 9 nitrogen and oxygen atoms in total. The monoisotopic (exact) mass is 385 g/mol. The number of ether oxygens (including phenoxy) is 4. The number of benzene rings is 2. The first kappa shape index (κ1) is 20.6. The van der Waals surface area contributed by atoms with Crippen molar-refractivity contribution < 1.29 is 18.9 Å². The van der Waals surface area contributed by atoms with Gasteiger partial charge in [-0.2, -0.15) is 10.2 Å². The van der Waals surface area contributed by atoms with Crippen molar-refractivity contribution in [1.82, 2.24) is 5.43 Å². The summed E-state index contributed by atoms with van der Waals surface area (Å²) in [5.74, 6) is 2.33. The number of para-hydroxylation sites is 2. The predicted molar refractivity (Wildman–Crippen MR) is 109 cm³/mol. The Hall–Kier alpha value is -3.75. The van der Waals surface area contributed by atoms with E-state index in [-0.39, 0.29) is 5.96 Å². The predicted octanol–water partition coefficient (Wildman–Crippen LogP) is 1.99. The van der Waals surface area contributed by atoms with Gasteiger partial charge < -0.3 is 24.7 Å². The third-order valence-corrected chi connectivity index (χ3v) is 3.61. The zero-order chi connectivity index (χ0) is 20.4. The largest absolute Gasteiger partial charge is 0.493 e. The molecule has 0 aromatic heterocycles. The Balaban J connectivity index is 2.06. The Labute approximate surface area is 163 Å². The highest BCUT2D eigenvalue weighted by Gasteiger charge is 2.08. The average molecular weight is 385 g/mol. The summed E-state index contributed by atoms with van der Waals surface area (Å²) in [4.78, 5) is 0. The van der Waals surface area contributed by atoms with Crippen LogP contribution in [0.2, 0.25) is 0 Å². The van der Waals surface area contributed by atoms with E-state index in [1.54, 1.807) is 46.8 Å². The molecule has 28 heavy (non-hydrogen) atoms. The van der Waals surface area contributed by atoms with Crippen LogP contribution < -0.4 is 30.1 Å². The summed E-state index contributed by atoms with van der Waals surface area (Å²) in [6.45, 7) is 0. The maximum atomic E-state index is 5.75. The lowest BCUT2D eigenvalue weighted by Gasteiger charge is -2.09. The number of hydrazone groups is 1. The summed E-state index contributed by atoms with van der Waals surface area (Å²) >= 11 is 0. The van der Waals surface area contributed by atoms with E-state index in [4.69, 9.17) is 24.7 Å². The molecule has 2 aromatic rings. The molecule has 0 atom stereocenters. The Morgan fingerprint density at radius 2 is 1.36 bits per heavy atom. The minimum absolute atomic E-state index is 0.0104. The highest BCUT2D eigenvalue weighted by atomic mass is 16.5. The van der Waals surface area contributed by atoms with Gasteiger partial charge in [-0.25, -0.2) is 5.43 Å². The van der Waals surface area contributed by atoms with E-state index in [2.05, 4.69) is 20.7 Å². The molecular formula is C19H23N5O4. The maximum Gasteiger partial charge on any atom is 0.234 e. The standard InChI is InChI=1S/C19H23N5O4/c1-25-15-9-5-7-13(17(15)27-3)11-21-23-19(20)24-22-12-14-8-6-10-16(26-2)18(14)28-4/h5-12H,1-4H3,(H3,20,23,24)/b21-11-,22-12-. The topological polar surface area (TPSA) is 112 Å². The number of methoxy groups -OCH3 is 4. The number of nitrogens with two attached hydrogens (primary N) is 1. The number of nitrogens with zero attached hydrogens (tertiary/aromatic N) is 3. The second-order valence-electron chi connectivity index (χ2n) is 5.27. The summed E-state index contributed by atoms with van der Waals surface area (Å²) in [5, 5.41) is 11.8. The molecule has 2 aromatic carbocycles. The Bertz CT molecular complexity index is 881. The van der Waals surface area contributed by atoms with Gasteiger partial charge in [-0.05, 0) is 24.3 Å². The SMILES string of the molecule is COc1cccc(/C=N\N=C(N)N/N=C\c2cccc(OC)c2OC)c1OC.